The van der Waals surface area contributed by atoms with Crippen molar-refractivity contribution in [2.45, 2.75) is 31.7 Å². The molecule has 0 saturated carbocycles. The van der Waals surface area contributed by atoms with Crippen molar-refractivity contribution in [1.82, 2.24) is 15.6 Å². The summed E-state index contributed by atoms with van der Waals surface area (Å²) in [4.78, 5) is 7.68. The van der Waals surface area contributed by atoms with Crippen LogP contribution in [-0.2, 0) is 19.1 Å². The molecule has 0 spiro atoms. The summed E-state index contributed by atoms with van der Waals surface area (Å²) in [5.41, 5.74) is 2.97. The van der Waals surface area contributed by atoms with Gasteiger partial charge < -0.3 is 10.3 Å². The SMILES string of the molecule is FC(F)(F)c1cc(CNC2C=CC(Cc3c[nH]c4c3=CCCN=4)=CN2)ccc1Cl. The van der Waals surface area contributed by atoms with Gasteiger partial charge >= 0.3 is 6.18 Å². The van der Waals surface area contributed by atoms with E-state index in [0.29, 0.717) is 5.56 Å². The highest BCUT2D eigenvalue weighted by Crippen LogP contribution is 2.35. The smallest absolute Gasteiger partial charge is 0.372 e. The Balaban J connectivity index is 1.35. The molecule has 0 bridgehead atoms. The highest BCUT2D eigenvalue weighted by molar-refractivity contribution is 6.31. The summed E-state index contributed by atoms with van der Waals surface area (Å²) in [6, 6.07) is 3.96. The second-order valence-corrected chi connectivity index (χ2v) is 7.45. The third-order valence-corrected chi connectivity index (χ3v) is 5.27. The number of hydrogen-bond acceptors (Lipinski definition) is 3. The minimum absolute atomic E-state index is 0.162. The summed E-state index contributed by atoms with van der Waals surface area (Å²) >= 11 is 5.67. The molecule has 2 aliphatic heterocycles. The van der Waals surface area contributed by atoms with Gasteiger partial charge in [0.05, 0.1) is 16.8 Å². The number of halogens is 4. The van der Waals surface area contributed by atoms with Gasteiger partial charge in [0.1, 0.15) is 5.49 Å². The maximum Gasteiger partial charge on any atom is 0.417 e. The first kappa shape index (κ1) is 19.8. The minimum atomic E-state index is -4.46. The van der Waals surface area contributed by atoms with Crippen LogP contribution in [0.3, 0.4) is 0 Å². The lowest BCUT2D eigenvalue weighted by Gasteiger charge is -2.20. The first-order chi connectivity index (χ1) is 13.9. The van der Waals surface area contributed by atoms with Crippen LogP contribution < -0.4 is 21.3 Å². The van der Waals surface area contributed by atoms with Crippen LogP contribution in [0, 0.1) is 0 Å². The molecule has 4 rings (SSSR count). The molecule has 0 radical (unpaired) electrons. The number of nitrogens with one attached hydrogen (secondary N) is 3. The van der Waals surface area contributed by atoms with Crippen LogP contribution in [0.5, 0.6) is 0 Å². The number of aromatic nitrogens is 1. The molecule has 1 unspecified atom stereocenters. The Bertz CT molecular complexity index is 1080. The maximum absolute atomic E-state index is 13.0. The predicted molar refractivity (Wildman–Crippen MR) is 107 cm³/mol. The van der Waals surface area contributed by atoms with E-state index in [1.807, 2.05) is 24.5 Å². The van der Waals surface area contributed by atoms with E-state index in [1.54, 1.807) is 6.07 Å². The van der Waals surface area contributed by atoms with Gasteiger partial charge in [0, 0.05) is 37.1 Å². The van der Waals surface area contributed by atoms with Gasteiger partial charge in [0.25, 0.3) is 0 Å². The molecule has 0 aliphatic carbocycles. The molecular formula is C21H20ClF3N4. The fraction of sp³-hybridized carbons (Fsp3) is 0.286. The number of hydrogen-bond donors (Lipinski definition) is 3. The lowest BCUT2D eigenvalue weighted by Crippen LogP contribution is -2.39. The molecule has 0 saturated heterocycles. The van der Waals surface area contributed by atoms with E-state index < -0.39 is 11.7 Å². The van der Waals surface area contributed by atoms with Crippen LogP contribution in [-0.4, -0.2) is 17.7 Å². The second-order valence-electron chi connectivity index (χ2n) is 7.04. The summed E-state index contributed by atoms with van der Waals surface area (Å²) in [5.74, 6) is 0. The van der Waals surface area contributed by atoms with Crippen LogP contribution in [0.15, 0.2) is 53.3 Å². The Kier molecular flexibility index (Phi) is 5.52. The summed E-state index contributed by atoms with van der Waals surface area (Å²) in [6.45, 7) is 1.11. The van der Waals surface area contributed by atoms with E-state index in [0.717, 1.165) is 36.5 Å². The standard InChI is InChI=1S/C21H20ClF3N4/c22-18-5-3-14(9-17(18)21(23,24)25)11-28-19-6-4-13(10-27-19)8-15-12-29-20-16(15)2-1-7-26-20/h2-6,9-10,12,19,27-28H,1,7-8,11H2,(H,26,29). The van der Waals surface area contributed by atoms with Crippen molar-refractivity contribution in [2.24, 2.45) is 4.99 Å². The zero-order valence-electron chi connectivity index (χ0n) is 15.5. The summed E-state index contributed by atoms with van der Waals surface area (Å²) in [7, 11) is 0. The highest BCUT2D eigenvalue weighted by Gasteiger charge is 2.33. The number of fused-ring (bicyclic) bond motifs is 1. The largest absolute Gasteiger partial charge is 0.417 e. The average molecular weight is 421 g/mol. The van der Waals surface area contributed by atoms with Crippen LogP contribution in [0.25, 0.3) is 6.08 Å². The third-order valence-electron chi connectivity index (χ3n) is 4.94. The van der Waals surface area contributed by atoms with Crippen molar-refractivity contribution in [1.29, 1.82) is 0 Å². The molecule has 1 atom stereocenters. The first-order valence-corrected chi connectivity index (χ1v) is 9.71. The van der Waals surface area contributed by atoms with Crippen molar-refractivity contribution >= 4 is 17.7 Å². The van der Waals surface area contributed by atoms with Gasteiger partial charge in [0.15, 0.2) is 0 Å². The topological polar surface area (TPSA) is 52.2 Å². The lowest BCUT2D eigenvalue weighted by atomic mass is 10.0. The van der Waals surface area contributed by atoms with Gasteiger partial charge in [-0.05, 0) is 41.3 Å². The Morgan fingerprint density at radius 2 is 2.14 bits per heavy atom. The van der Waals surface area contributed by atoms with E-state index >= 15 is 0 Å². The molecule has 2 aromatic rings. The second kappa shape index (κ2) is 8.08. The molecule has 4 nitrogen and oxygen atoms in total. The number of H-pyrrole nitrogens is 1. The fourth-order valence-corrected chi connectivity index (χ4v) is 3.68. The summed E-state index contributed by atoms with van der Waals surface area (Å²) < 4.78 is 38.9. The Labute approximate surface area is 170 Å². The summed E-state index contributed by atoms with van der Waals surface area (Å²) in [6.07, 6.45) is 7.23. The quantitative estimate of drug-likeness (QED) is 0.696. The highest BCUT2D eigenvalue weighted by atomic mass is 35.5. The average Bonchev–Trinajstić information content (AvgIpc) is 3.10. The molecular weight excluding hydrogens is 401 g/mol. The zero-order chi connectivity index (χ0) is 20.4. The van der Waals surface area contributed by atoms with Gasteiger partial charge in [0.2, 0.25) is 0 Å². The van der Waals surface area contributed by atoms with Gasteiger partial charge in [-0.1, -0.05) is 29.8 Å². The van der Waals surface area contributed by atoms with E-state index in [1.165, 1.54) is 16.8 Å². The number of aromatic amines is 1. The van der Waals surface area contributed by atoms with Gasteiger partial charge in [-0.3, -0.25) is 10.3 Å². The van der Waals surface area contributed by atoms with Crippen molar-refractivity contribution in [3.8, 4) is 0 Å². The van der Waals surface area contributed by atoms with Crippen LogP contribution in [0.2, 0.25) is 5.02 Å². The molecule has 1 aromatic heterocycles. The third kappa shape index (κ3) is 4.57. The van der Waals surface area contributed by atoms with E-state index in [9.17, 15) is 13.2 Å². The molecule has 152 valence electrons. The first-order valence-electron chi connectivity index (χ1n) is 9.33. The molecule has 8 heteroatoms. The zero-order valence-corrected chi connectivity index (χ0v) is 16.2. The Hall–Kier alpha value is -2.51. The van der Waals surface area contributed by atoms with Crippen molar-refractivity contribution in [3.63, 3.8) is 0 Å². The van der Waals surface area contributed by atoms with Crippen molar-refractivity contribution < 1.29 is 13.2 Å². The Morgan fingerprint density at radius 3 is 2.90 bits per heavy atom. The molecule has 29 heavy (non-hydrogen) atoms. The maximum atomic E-state index is 13.0. The van der Waals surface area contributed by atoms with Crippen molar-refractivity contribution in [2.75, 3.05) is 6.54 Å². The molecule has 1 aromatic carbocycles. The molecule has 3 N–H and O–H groups in total. The van der Waals surface area contributed by atoms with E-state index in [4.69, 9.17) is 11.6 Å². The lowest BCUT2D eigenvalue weighted by molar-refractivity contribution is -0.137. The van der Waals surface area contributed by atoms with Gasteiger partial charge in [-0.2, -0.15) is 13.2 Å². The number of dihydropyridines is 1. The van der Waals surface area contributed by atoms with Crippen LogP contribution >= 0.6 is 11.6 Å². The summed E-state index contributed by atoms with van der Waals surface area (Å²) in [5, 5.41) is 7.31. The fourth-order valence-electron chi connectivity index (χ4n) is 3.46. The number of nitrogens with zero attached hydrogens (tertiary/aromatic N) is 1. The van der Waals surface area contributed by atoms with Gasteiger partial charge in [-0.25, -0.2) is 0 Å². The van der Waals surface area contributed by atoms with E-state index in [-0.39, 0.29) is 17.7 Å². The minimum Gasteiger partial charge on any atom is -0.372 e. The normalized spacial score (nSPS) is 18.3. The number of alkyl halides is 3. The van der Waals surface area contributed by atoms with Crippen LogP contribution in [0.4, 0.5) is 13.2 Å². The molecule has 3 heterocycles. The molecule has 0 amide bonds. The number of allylic oxidation sites excluding steroid dienone is 2. The Morgan fingerprint density at radius 1 is 1.28 bits per heavy atom. The number of benzene rings is 1. The van der Waals surface area contributed by atoms with Crippen molar-refractivity contribution in [3.05, 3.63) is 80.7 Å². The van der Waals surface area contributed by atoms with Crippen LogP contribution in [0.1, 0.15) is 23.1 Å². The molecule has 2 aliphatic rings. The monoisotopic (exact) mass is 420 g/mol. The van der Waals surface area contributed by atoms with Gasteiger partial charge in [-0.15, -0.1) is 0 Å². The number of rotatable bonds is 5. The molecule has 0 fully saturated rings. The van der Waals surface area contributed by atoms with E-state index in [2.05, 4.69) is 26.7 Å². The predicted octanol–water partition coefficient (Wildman–Crippen LogP) is 3.19.